The molecule has 9 heteroatoms. The highest BCUT2D eigenvalue weighted by Crippen LogP contribution is 2.30. The van der Waals surface area contributed by atoms with Gasteiger partial charge < -0.3 is 10.2 Å². The summed E-state index contributed by atoms with van der Waals surface area (Å²) >= 11 is 6.05. The average molecular weight is 468 g/mol. The molecule has 0 saturated heterocycles. The van der Waals surface area contributed by atoms with E-state index in [9.17, 15) is 13.7 Å². The van der Waals surface area contributed by atoms with Crippen LogP contribution in [-0.4, -0.2) is 31.2 Å². The van der Waals surface area contributed by atoms with E-state index >= 15 is 0 Å². The lowest BCUT2D eigenvalue weighted by Gasteiger charge is -2.31. The number of aryl methyl sites for hydroxylation is 1. The van der Waals surface area contributed by atoms with Gasteiger partial charge in [0.2, 0.25) is 0 Å². The number of benzene rings is 2. The molecule has 0 unspecified atom stereocenters. The maximum atomic E-state index is 12.0. The molecular weight excluding hydrogens is 446 g/mol. The first kappa shape index (κ1) is 22.1. The van der Waals surface area contributed by atoms with Crippen molar-refractivity contribution in [1.29, 1.82) is 5.26 Å². The van der Waals surface area contributed by atoms with E-state index in [-0.39, 0.29) is 0 Å². The molecule has 3 aromatic rings. The fraction of sp³-hybridized carbons (Fsp3) is 0.261. The highest BCUT2D eigenvalue weighted by atomic mass is 35.5. The summed E-state index contributed by atoms with van der Waals surface area (Å²) < 4.78 is 24.1. The lowest BCUT2D eigenvalue weighted by Crippen LogP contribution is -2.32. The Morgan fingerprint density at radius 1 is 1.22 bits per heavy atom. The van der Waals surface area contributed by atoms with Gasteiger partial charge in [-0.15, -0.1) is 0 Å². The fourth-order valence-electron chi connectivity index (χ4n) is 3.91. The topological polar surface area (TPSA) is 99.0 Å². The molecule has 7 nitrogen and oxygen atoms in total. The van der Waals surface area contributed by atoms with Gasteiger partial charge in [-0.25, -0.2) is 18.4 Å². The molecule has 0 radical (unpaired) electrons. The summed E-state index contributed by atoms with van der Waals surface area (Å²) in [5.74, 6) is 0.702. The number of rotatable bonds is 5. The summed E-state index contributed by atoms with van der Waals surface area (Å²) in [6.45, 7) is 3.50. The second-order valence-electron chi connectivity index (χ2n) is 7.82. The summed E-state index contributed by atoms with van der Waals surface area (Å²) in [5, 5.41) is 13.4. The number of aromatic nitrogens is 2. The van der Waals surface area contributed by atoms with Gasteiger partial charge in [-0.2, -0.15) is 5.26 Å². The highest BCUT2D eigenvalue weighted by Gasteiger charge is 2.23. The Labute approximate surface area is 192 Å². The van der Waals surface area contributed by atoms with Gasteiger partial charge in [-0.1, -0.05) is 23.7 Å². The summed E-state index contributed by atoms with van der Waals surface area (Å²) in [7, 11) is -3.30. The number of anilines is 2. The quantitative estimate of drug-likeness (QED) is 0.607. The molecule has 32 heavy (non-hydrogen) atoms. The average Bonchev–Trinajstić information content (AvgIpc) is 2.77. The highest BCUT2D eigenvalue weighted by molar-refractivity contribution is 7.90. The van der Waals surface area contributed by atoms with Crippen molar-refractivity contribution in [2.24, 2.45) is 0 Å². The molecule has 0 aliphatic carbocycles. The van der Waals surface area contributed by atoms with Crippen molar-refractivity contribution in [2.75, 3.05) is 23.0 Å². The van der Waals surface area contributed by atoms with E-state index in [1.807, 2.05) is 18.2 Å². The third-order valence-electron chi connectivity index (χ3n) is 5.53. The number of hydrogen-bond acceptors (Lipinski definition) is 7. The Hall–Kier alpha value is -3.15. The van der Waals surface area contributed by atoms with Crippen LogP contribution in [0.4, 0.5) is 11.5 Å². The minimum absolute atomic E-state index is 0.333. The molecule has 164 valence electrons. The van der Waals surface area contributed by atoms with Crippen LogP contribution in [0.3, 0.4) is 0 Å². The zero-order chi connectivity index (χ0) is 22.9. The summed E-state index contributed by atoms with van der Waals surface area (Å²) in [6.07, 6.45) is 3.48. The van der Waals surface area contributed by atoms with Crippen LogP contribution in [0.25, 0.3) is 0 Å². The van der Waals surface area contributed by atoms with Crippen LogP contribution in [0.15, 0.2) is 47.6 Å². The van der Waals surface area contributed by atoms with Gasteiger partial charge in [-0.05, 0) is 42.3 Å². The van der Waals surface area contributed by atoms with E-state index in [4.69, 9.17) is 11.6 Å². The second-order valence-corrected chi connectivity index (χ2v) is 10.2. The van der Waals surface area contributed by atoms with Gasteiger partial charge in [0.1, 0.15) is 18.2 Å². The van der Waals surface area contributed by atoms with Crippen LogP contribution in [0, 0.1) is 18.3 Å². The maximum absolute atomic E-state index is 12.0. The van der Waals surface area contributed by atoms with Crippen LogP contribution < -0.4 is 10.2 Å². The third kappa shape index (κ3) is 4.54. The summed E-state index contributed by atoms with van der Waals surface area (Å²) in [4.78, 5) is 11.3. The van der Waals surface area contributed by atoms with Crippen LogP contribution >= 0.6 is 11.6 Å². The minimum Gasteiger partial charge on any atom is -0.366 e. The summed E-state index contributed by atoms with van der Waals surface area (Å²) in [5.41, 5.74) is 4.86. The SMILES string of the molecule is Cc1ccc(CNc2ncnc3c2CN(c2ccc(Cl)cc2C#N)CC3)cc1S(C)(=O)=O. The molecule has 0 amide bonds. The maximum Gasteiger partial charge on any atom is 0.175 e. The monoisotopic (exact) mass is 467 g/mol. The number of halogens is 1. The van der Waals surface area contributed by atoms with Crippen LogP contribution in [-0.2, 0) is 29.3 Å². The van der Waals surface area contributed by atoms with E-state index in [1.54, 1.807) is 25.1 Å². The first-order valence-electron chi connectivity index (χ1n) is 10.1. The van der Waals surface area contributed by atoms with E-state index < -0.39 is 9.84 Å². The number of nitrogens with one attached hydrogen (secondary N) is 1. The molecule has 1 N–H and O–H groups in total. The lowest BCUT2D eigenvalue weighted by atomic mass is 10.0. The van der Waals surface area contributed by atoms with Gasteiger partial charge in [-0.3, -0.25) is 0 Å². The first-order valence-corrected chi connectivity index (χ1v) is 12.3. The van der Waals surface area contributed by atoms with Crippen molar-refractivity contribution in [3.05, 3.63) is 75.7 Å². The molecule has 0 spiro atoms. The Kier molecular flexibility index (Phi) is 6.04. The number of nitriles is 1. The molecule has 0 atom stereocenters. The molecule has 1 aliphatic rings. The largest absolute Gasteiger partial charge is 0.366 e. The molecule has 4 rings (SSSR count). The van der Waals surface area contributed by atoms with Crippen molar-refractivity contribution in [3.63, 3.8) is 0 Å². The fourth-order valence-corrected chi connectivity index (χ4v) is 5.10. The van der Waals surface area contributed by atoms with E-state index in [2.05, 4.69) is 26.3 Å². The predicted octanol–water partition coefficient (Wildman–Crippen LogP) is 3.89. The molecular formula is C23H22ClN5O2S. The van der Waals surface area contributed by atoms with Gasteiger partial charge in [0.05, 0.1) is 21.8 Å². The van der Waals surface area contributed by atoms with Crippen LogP contribution in [0.2, 0.25) is 5.02 Å². The van der Waals surface area contributed by atoms with Gasteiger partial charge in [0.15, 0.2) is 9.84 Å². The number of nitrogens with zero attached hydrogens (tertiary/aromatic N) is 4. The van der Waals surface area contributed by atoms with E-state index in [0.29, 0.717) is 34.4 Å². The Bertz CT molecular complexity index is 1330. The van der Waals surface area contributed by atoms with Crippen molar-refractivity contribution < 1.29 is 8.42 Å². The van der Waals surface area contributed by atoms with E-state index in [0.717, 1.165) is 41.0 Å². The molecule has 0 saturated carbocycles. The molecule has 2 aromatic carbocycles. The predicted molar refractivity (Wildman–Crippen MR) is 125 cm³/mol. The third-order valence-corrected chi connectivity index (χ3v) is 7.01. The number of hydrogen-bond donors (Lipinski definition) is 1. The zero-order valence-electron chi connectivity index (χ0n) is 17.8. The molecule has 1 aromatic heterocycles. The van der Waals surface area contributed by atoms with Crippen molar-refractivity contribution in [1.82, 2.24) is 9.97 Å². The molecule has 1 aliphatic heterocycles. The van der Waals surface area contributed by atoms with Crippen molar-refractivity contribution in [2.45, 2.75) is 31.3 Å². The van der Waals surface area contributed by atoms with Crippen LogP contribution in [0.1, 0.15) is 27.9 Å². The molecule has 0 bridgehead atoms. The Morgan fingerprint density at radius 2 is 2.03 bits per heavy atom. The van der Waals surface area contributed by atoms with Crippen molar-refractivity contribution in [3.8, 4) is 6.07 Å². The second kappa shape index (κ2) is 8.77. The van der Waals surface area contributed by atoms with Crippen LogP contribution in [0.5, 0.6) is 0 Å². The smallest absolute Gasteiger partial charge is 0.175 e. The van der Waals surface area contributed by atoms with Gasteiger partial charge in [0.25, 0.3) is 0 Å². The Morgan fingerprint density at radius 3 is 2.78 bits per heavy atom. The minimum atomic E-state index is -3.30. The number of sulfone groups is 1. The van der Waals surface area contributed by atoms with E-state index in [1.165, 1.54) is 12.6 Å². The standard InChI is InChI=1S/C23H22ClN5O2S/c1-15-3-4-16(9-22(15)32(2,30)31)12-26-23-19-13-29(8-7-20(19)27-14-28-23)21-6-5-18(24)10-17(21)11-25/h3-6,9-10,14H,7-8,12-13H2,1-2H3,(H,26,27,28). The lowest BCUT2D eigenvalue weighted by molar-refractivity contribution is 0.601. The molecule has 2 heterocycles. The summed E-state index contributed by atoms with van der Waals surface area (Å²) in [6, 6.07) is 13.0. The van der Waals surface area contributed by atoms with Crippen molar-refractivity contribution >= 4 is 32.9 Å². The zero-order valence-corrected chi connectivity index (χ0v) is 19.3. The number of fused-ring (bicyclic) bond motifs is 1. The van der Waals surface area contributed by atoms with Gasteiger partial charge >= 0.3 is 0 Å². The first-order chi connectivity index (χ1) is 15.3. The normalized spacial score (nSPS) is 13.4. The Balaban J connectivity index is 1.59. The van der Waals surface area contributed by atoms with Gasteiger partial charge in [0, 0.05) is 42.9 Å². The molecule has 0 fully saturated rings.